The molecule has 0 aromatic heterocycles. The minimum atomic E-state index is -1.01. The molecule has 0 radical (unpaired) electrons. The lowest BCUT2D eigenvalue weighted by atomic mass is 9.95. The molecule has 8 nitrogen and oxygen atoms in total. The van der Waals surface area contributed by atoms with Crippen LogP contribution < -0.4 is 4.74 Å². The normalized spacial score (nSPS) is 17.9. The van der Waals surface area contributed by atoms with Crippen LogP contribution in [-0.2, 0) is 14.4 Å². The molecule has 0 spiro atoms. The Kier molecular flexibility index (Phi) is 6.06. The number of likely N-dealkylation sites (tertiary alicyclic amines) is 1. The lowest BCUT2D eigenvalue weighted by Crippen LogP contribution is -2.31. The summed E-state index contributed by atoms with van der Waals surface area (Å²) in [4.78, 5) is 37.6. The highest BCUT2D eigenvalue weighted by Crippen LogP contribution is 2.40. The first-order chi connectivity index (χ1) is 14.3. The van der Waals surface area contributed by atoms with E-state index in [1.807, 2.05) is 0 Å². The highest BCUT2D eigenvalue weighted by molar-refractivity contribution is 6.46. The molecule has 1 aliphatic rings. The van der Waals surface area contributed by atoms with E-state index in [4.69, 9.17) is 9.84 Å². The number of Topliss-reactive ketones (excluding diaryl/α,β-unsaturated/α-hetero) is 1. The molecule has 2 aromatic carbocycles. The monoisotopic (exact) mass is 411 g/mol. The number of ketones is 1. The molecule has 1 saturated heterocycles. The predicted octanol–water partition coefficient (Wildman–Crippen LogP) is 2.69. The third kappa shape index (κ3) is 4.12. The first-order valence-electron chi connectivity index (χ1n) is 9.27. The topological polar surface area (TPSA) is 124 Å². The molecule has 1 fully saturated rings. The summed E-state index contributed by atoms with van der Waals surface area (Å²) in [7, 11) is 1.50. The van der Waals surface area contributed by atoms with Gasteiger partial charge in [-0.2, -0.15) is 0 Å². The van der Waals surface area contributed by atoms with Gasteiger partial charge in [-0.25, -0.2) is 0 Å². The lowest BCUT2D eigenvalue weighted by Gasteiger charge is -2.25. The molecule has 156 valence electrons. The van der Waals surface area contributed by atoms with Crippen LogP contribution >= 0.6 is 0 Å². The Morgan fingerprint density at radius 3 is 2.23 bits per heavy atom. The van der Waals surface area contributed by atoms with Crippen LogP contribution in [0.5, 0.6) is 11.5 Å². The van der Waals surface area contributed by atoms with Crippen LogP contribution in [-0.4, -0.2) is 51.5 Å². The summed E-state index contributed by atoms with van der Waals surface area (Å²) >= 11 is 0. The standard InChI is InChI=1S/C22H21NO7/c1-30-16-10-6-14(7-11-16)20(27)18-19(13-4-8-15(24)9-5-13)23(22(29)21(18)28)12-2-3-17(25)26/h4-11,19,24,27H,2-3,12H2,1H3,(H,25,26). The second-order valence-electron chi connectivity index (χ2n) is 6.81. The second kappa shape index (κ2) is 8.69. The van der Waals surface area contributed by atoms with Crippen molar-refractivity contribution in [2.45, 2.75) is 18.9 Å². The van der Waals surface area contributed by atoms with Crippen molar-refractivity contribution in [3.8, 4) is 11.5 Å². The summed E-state index contributed by atoms with van der Waals surface area (Å²) in [5, 5.41) is 29.4. The highest BCUT2D eigenvalue weighted by Gasteiger charge is 2.45. The molecule has 2 aromatic rings. The molecule has 0 bridgehead atoms. The smallest absolute Gasteiger partial charge is 0.303 e. The quantitative estimate of drug-likeness (QED) is 0.363. The molecule has 0 saturated carbocycles. The maximum atomic E-state index is 12.8. The van der Waals surface area contributed by atoms with Gasteiger partial charge in [0, 0.05) is 18.5 Å². The molecular formula is C22H21NO7. The summed E-state index contributed by atoms with van der Waals surface area (Å²) < 4.78 is 5.10. The fraction of sp³-hybridized carbons (Fsp3) is 0.227. The maximum absolute atomic E-state index is 12.8. The fourth-order valence-corrected chi connectivity index (χ4v) is 3.42. The number of aliphatic hydroxyl groups is 1. The number of hydrogen-bond acceptors (Lipinski definition) is 6. The third-order valence-electron chi connectivity index (χ3n) is 4.90. The van der Waals surface area contributed by atoms with Crippen LogP contribution in [0.1, 0.15) is 30.0 Å². The van der Waals surface area contributed by atoms with Crippen LogP contribution in [0, 0.1) is 0 Å². The summed E-state index contributed by atoms with van der Waals surface area (Å²) in [6.07, 6.45) is -0.0106. The van der Waals surface area contributed by atoms with Crippen LogP contribution in [0.15, 0.2) is 54.1 Å². The van der Waals surface area contributed by atoms with Gasteiger partial charge in [-0.1, -0.05) is 12.1 Å². The number of carbonyl (C=O) groups is 3. The van der Waals surface area contributed by atoms with Crippen LogP contribution in [0.25, 0.3) is 5.76 Å². The number of carboxylic acids is 1. The number of benzene rings is 2. The van der Waals surface area contributed by atoms with E-state index in [-0.39, 0.29) is 36.5 Å². The van der Waals surface area contributed by atoms with E-state index in [9.17, 15) is 24.6 Å². The summed E-state index contributed by atoms with van der Waals surface area (Å²) in [6, 6.07) is 11.4. The van der Waals surface area contributed by atoms with E-state index in [0.717, 1.165) is 0 Å². The minimum absolute atomic E-state index is 0.0109. The molecule has 1 aliphatic heterocycles. The zero-order valence-corrected chi connectivity index (χ0v) is 16.2. The van der Waals surface area contributed by atoms with Gasteiger partial charge in [0.05, 0.1) is 18.7 Å². The number of phenolic OH excluding ortho intramolecular Hbond substituents is 1. The van der Waals surface area contributed by atoms with Gasteiger partial charge in [0.1, 0.15) is 17.3 Å². The number of methoxy groups -OCH3 is 1. The van der Waals surface area contributed by atoms with Gasteiger partial charge < -0.3 is 25.0 Å². The van der Waals surface area contributed by atoms with E-state index in [0.29, 0.717) is 16.9 Å². The second-order valence-corrected chi connectivity index (χ2v) is 6.81. The molecular weight excluding hydrogens is 390 g/mol. The SMILES string of the molecule is COc1ccc(C(O)=C2C(=O)C(=O)N(CCCC(=O)O)C2c2ccc(O)cc2)cc1. The number of aliphatic carboxylic acids is 1. The Morgan fingerprint density at radius 2 is 1.67 bits per heavy atom. The average Bonchev–Trinajstić information content (AvgIpc) is 2.98. The lowest BCUT2D eigenvalue weighted by molar-refractivity contribution is -0.140. The first kappa shape index (κ1) is 20.9. The Labute approximate surface area is 172 Å². The zero-order valence-electron chi connectivity index (χ0n) is 16.2. The zero-order chi connectivity index (χ0) is 21.8. The Bertz CT molecular complexity index is 993. The third-order valence-corrected chi connectivity index (χ3v) is 4.90. The van der Waals surface area contributed by atoms with Gasteiger partial charge in [0.2, 0.25) is 0 Å². The van der Waals surface area contributed by atoms with Crippen molar-refractivity contribution in [3.05, 3.63) is 65.2 Å². The number of hydrogen-bond donors (Lipinski definition) is 3. The number of ether oxygens (including phenoxy) is 1. The van der Waals surface area contributed by atoms with Crippen LogP contribution in [0.4, 0.5) is 0 Å². The van der Waals surface area contributed by atoms with E-state index < -0.39 is 23.7 Å². The van der Waals surface area contributed by atoms with Gasteiger partial charge in [0.15, 0.2) is 0 Å². The van der Waals surface area contributed by atoms with Gasteiger partial charge in [-0.15, -0.1) is 0 Å². The van der Waals surface area contributed by atoms with Crippen molar-refractivity contribution < 1.29 is 34.4 Å². The average molecular weight is 411 g/mol. The largest absolute Gasteiger partial charge is 0.508 e. The number of amides is 1. The molecule has 1 unspecified atom stereocenters. The van der Waals surface area contributed by atoms with Crippen LogP contribution in [0.3, 0.4) is 0 Å². The number of nitrogens with zero attached hydrogens (tertiary/aromatic N) is 1. The number of carboxylic acid groups (broad SMARTS) is 1. The molecule has 0 aliphatic carbocycles. The van der Waals surface area contributed by atoms with E-state index >= 15 is 0 Å². The van der Waals surface area contributed by atoms with Crippen molar-refractivity contribution in [2.24, 2.45) is 0 Å². The molecule has 1 heterocycles. The van der Waals surface area contributed by atoms with Crippen molar-refractivity contribution in [2.75, 3.05) is 13.7 Å². The number of aliphatic hydroxyl groups excluding tert-OH is 1. The van der Waals surface area contributed by atoms with Gasteiger partial charge in [0.25, 0.3) is 11.7 Å². The molecule has 1 atom stereocenters. The maximum Gasteiger partial charge on any atom is 0.303 e. The summed E-state index contributed by atoms with van der Waals surface area (Å²) in [6.45, 7) is 0.0296. The van der Waals surface area contributed by atoms with Crippen molar-refractivity contribution >= 4 is 23.4 Å². The molecule has 8 heteroatoms. The number of aromatic hydroxyl groups is 1. The number of rotatable bonds is 7. The van der Waals surface area contributed by atoms with E-state index in [1.54, 1.807) is 36.4 Å². The fourth-order valence-electron chi connectivity index (χ4n) is 3.42. The summed E-state index contributed by atoms with van der Waals surface area (Å²) in [5.74, 6) is -2.43. The number of carbonyl (C=O) groups excluding carboxylic acids is 2. The molecule has 3 N–H and O–H groups in total. The number of phenols is 1. The van der Waals surface area contributed by atoms with Crippen molar-refractivity contribution in [1.82, 2.24) is 4.90 Å². The minimum Gasteiger partial charge on any atom is -0.508 e. The van der Waals surface area contributed by atoms with Crippen molar-refractivity contribution in [3.63, 3.8) is 0 Å². The highest BCUT2D eigenvalue weighted by atomic mass is 16.5. The van der Waals surface area contributed by atoms with Crippen LogP contribution in [0.2, 0.25) is 0 Å². The Balaban J connectivity index is 2.07. The predicted molar refractivity (Wildman–Crippen MR) is 107 cm³/mol. The molecule has 3 rings (SSSR count). The van der Waals surface area contributed by atoms with E-state index in [2.05, 4.69) is 0 Å². The van der Waals surface area contributed by atoms with E-state index in [1.165, 1.54) is 24.1 Å². The first-order valence-corrected chi connectivity index (χ1v) is 9.27. The van der Waals surface area contributed by atoms with Crippen molar-refractivity contribution in [1.29, 1.82) is 0 Å². The van der Waals surface area contributed by atoms with Gasteiger partial charge >= 0.3 is 5.97 Å². The molecule has 1 amide bonds. The Hall–Kier alpha value is -3.81. The molecule has 30 heavy (non-hydrogen) atoms. The summed E-state index contributed by atoms with van der Waals surface area (Å²) in [5.41, 5.74) is 0.756. The van der Waals surface area contributed by atoms with Gasteiger partial charge in [-0.3, -0.25) is 14.4 Å². The van der Waals surface area contributed by atoms with Gasteiger partial charge in [-0.05, 0) is 48.4 Å². The Morgan fingerprint density at radius 1 is 1.03 bits per heavy atom.